The van der Waals surface area contributed by atoms with Crippen molar-refractivity contribution in [2.24, 2.45) is 5.92 Å². The highest BCUT2D eigenvalue weighted by Crippen LogP contribution is 2.40. The number of hydrogen-bond donors (Lipinski definition) is 2. The van der Waals surface area contributed by atoms with Crippen LogP contribution in [0.25, 0.3) is 11.3 Å². The molecule has 1 aliphatic carbocycles. The number of carbonyl (C=O) groups excluding carboxylic acids is 1. The molecular weight excluding hydrogens is 602 g/mol. The topological polar surface area (TPSA) is 74.5 Å². The number of aromatic nitrogens is 1. The molecule has 0 spiro atoms. The third kappa shape index (κ3) is 6.07. The molecule has 2 unspecified atom stereocenters. The fourth-order valence-electron chi connectivity index (χ4n) is 5.32. The Hall–Kier alpha value is -3.66. The van der Waals surface area contributed by atoms with Crippen LogP contribution in [0.15, 0.2) is 60.7 Å². The van der Waals surface area contributed by atoms with E-state index in [2.05, 4.69) is 5.32 Å². The van der Waals surface area contributed by atoms with Gasteiger partial charge >= 0.3 is 6.55 Å². The largest absolute Gasteiger partial charge is 0.490 e. The molecule has 224 valence electrons. The summed E-state index contributed by atoms with van der Waals surface area (Å²) >= 11 is 12.7. The lowest BCUT2D eigenvalue weighted by Crippen LogP contribution is -2.33. The lowest BCUT2D eigenvalue weighted by atomic mass is 9.82. The van der Waals surface area contributed by atoms with Crippen molar-refractivity contribution in [1.29, 1.82) is 0 Å². The zero-order valence-corrected chi connectivity index (χ0v) is 25.1. The van der Waals surface area contributed by atoms with Crippen LogP contribution in [0.4, 0.5) is 18.9 Å². The molecule has 2 N–H and O–H groups in total. The number of carbonyl (C=O) groups is 1. The smallest absolute Gasteiger partial charge is 0.451 e. The van der Waals surface area contributed by atoms with Crippen molar-refractivity contribution in [2.45, 2.75) is 38.3 Å². The van der Waals surface area contributed by atoms with Gasteiger partial charge in [0.2, 0.25) is 0 Å². The van der Waals surface area contributed by atoms with E-state index in [0.29, 0.717) is 17.7 Å². The van der Waals surface area contributed by atoms with Gasteiger partial charge in [-0.2, -0.15) is 0 Å². The van der Waals surface area contributed by atoms with Crippen molar-refractivity contribution in [3.05, 3.63) is 98.9 Å². The average Bonchev–Trinajstić information content (AvgIpc) is 2.95. The molecule has 0 saturated carbocycles. The molecule has 0 fully saturated rings. The zero-order chi connectivity index (χ0) is 31.1. The number of nitrogens with one attached hydrogen (secondary N) is 1. The summed E-state index contributed by atoms with van der Waals surface area (Å²) in [5, 5.41) is 14.2. The van der Waals surface area contributed by atoms with E-state index in [1.165, 1.54) is 45.4 Å². The second kappa shape index (κ2) is 12.1. The molecule has 0 saturated heterocycles. The van der Waals surface area contributed by atoms with Crippen LogP contribution in [0.5, 0.6) is 5.75 Å². The molecule has 2 heterocycles. The van der Waals surface area contributed by atoms with Gasteiger partial charge in [-0.15, -0.1) is 13.4 Å². The molecule has 1 aromatic heterocycles. The first kappa shape index (κ1) is 30.8. The van der Waals surface area contributed by atoms with E-state index in [9.17, 15) is 18.7 Å². The Kier molecular flexibility index (Phi) is 8.70. The molecule has 1 amide bonds. The highest BCUT2D eigenvalue weighted by atomic mass is 35.5. The van der Waals surface area contributed by atoms with Gasteiger partial charge in [-0.1, -0.05) is 59.6 Å². The van der Waals surface area contributed by atoms with Crippen molar-refractivity contribution < 1.29 is 32.4 Å². The van der Waals surface area contributed by atoms with E-state index in [-0.39, 0.29) is 56.3 Å². The number of halogens is 5. The molecule has 2 aromatic carbocycles. The highest BCUT2D eigenvalue weighted by Gasteiger charge is 2.38. The van der Waals surface area contributed by atoms with Crippen molar-refractivity contribution in [2.75, 3.05) is 13.7 Å². The predicted molar refractivity (Wildman–Crippen MR) is 160 cm³/mol. The van der Waals surface area contributed by atoms with E-state index in [0.717, 1.165) is 4.58 Å². The first-order chi connectivity index (χ1) is 20.4. The SMILES string of the molecule is COc1cc(C(=O)NCC(c2cc(C(C)(C)O)c(F)c(-c3cccc(Cl)c3Cl)n2)C2C=CC=CC2)cc2c1[N+](C(F)F)=C2. The fraction of sp³-hybridized carbons (Fsp3) is 0.281. The van der Waals surface area contributed by atoms with E-state index in [1.807, 2.05) is 24.3 Å². The Morgan fingerprint density at radius 1 is 1.23 bits per heavy atom. The minimum absolute atomic E-state index is 0.0152. The normalized spacial score (nSPS) is 16.4. The van der Waals surface area contributed by atoms with Crippen LogP contribution in [-0.2, 0) is 5.60 Å². The first-order valence-electron chi connectivity index (χ1n) is 13.5. The number of rotatable bonds is 9. The number of alkyl halides is 2. The van der Waals surface area contributed by atoms with Gasteiger partial charge in [0.25, 0.3) is 11.6 Å². The number of benzene rings is 2. The van der Waals surface area contributed by atoms with Gasteiger partial charge in [0.15, 0.2) is 17.8 Å². The predicted octanol–water partition coefficient (Wildman–Crippen LogP) is 7.38. The third-order valence-electron chi connectivity index (χ3n) is 7.57. The molecule has 11 heteroatoms. The Morgan fingerprint density at radius 3 is 2.65 bits per heavy atom. The second-order valence-electron chi connectivity index (χ2n) is 10.9. The summed E-state index contributed by atoms with van der Waals surface area (Å²) in [4.78, 5) is 18.1. The molecule has 2 aliphatic rings. The summed E-state index contributed by atoms with van der Waals surface area (Å²) < 4.78 is 48.5. The summed E-state index contributed by atoms with van der Waals surface area (Å²) in [5.74, 6) is -1.60. The Bertz CT molecular complexity index is 1680. The van der Waals surface area contributed by atoms with Crippen LogP contribution in [0.1, 0.15) is 53.4 Å². The van der Waals surface area contributed by atoms with Crippen LogP contribution in [0.3, 0.4) is 0 Å². The van der Waals surface area contributed by atoms with Gasteiger partial charge in [0.1, 0.15) is 11.3 Å². The minimum Gasteiger partial charge on any atom is -0.490 e. The number of methoxy groups -OCH3 is 1. The lowest BCUT2D eigenvalue weighted by molar-refractivity contribution is -0.559. The van der Waals surface area contributed by atoms with Crippen molar-refractivity contribution in [1.82, 2.24) is 10.3 Å². The third-order valence-corrected chi connectivity index (χ3v) is 8.39. The van der Waals surface area contributed by atoms with Gasteiger partial charge in [0, 0.05) is 34.8 Å². The molecule has 3 aromatic rings. The minimum atomic E-state index is -2.73. The number of pyridine rings is 1. The molecule has 43 heavy (non-hydrogen) atoms. The number of amides is 1. The number of hydrogen-bond acceptors (Lipinski definition) is 4. The van der Waals surface area contributed by atoms with Crippen LogP contribution in [0, 0.1) is 11.7 Å². The molecule has 0 radical (unpaired) electrons. The quantitative estimate of drug-likeness (QED) is 0.191. The number of ether oxygens (including phenoxy) is 1. The monoisotopic (exact) mass is 630 g/mol. The standard InChI is InChI=1S/C32H28Cl2F3N3O3/c1-32(2,42)22-14-24(39-28(27(22)35)20-10-7-11-23(33)26(20)34)21(17-8-5-4-6-9-17)15-38-30(41)18-12-19-16-40(31(36)37)29(19)25(13-18)43-3/h4-8,10-14,16-17,21,31,42H,9,15H2,1-3H3/p+1. The first-order valence-corrected chi connectivity index (χ1v) is 14.3. The van der Waals surface area contributed by atoms with E-state index >= 15 is 4.39 Å². The van der Waals surface area contributed by atoms with E-state index in [4.69, 9.17) is 32.9 Å². The Balaban J connectivity index is 1.53. The number of fused-ring (bicyclic) bond motifs is 1. The molecule has 0 bridgehead atoms. The summed E-state index contributed by atoms with van der Waals surface area (Å²) in [6.45, 7) is 0.316. The molecule has 6 nitrogen and oxygen atoms in total. The highest BCUT2D eigenvalue weighted by molar-refractivity contribution is 6.43. The van der Waals surface area contributed by atoms with Gasteiger partial charge in [0.05, 0.1) is 22.8 Å². The molecule has 5 rings (SSSR count). The van der Waals surface area contributed by atoms with Gasteiger partial charge in [-0.25, -0.2) is 9.37 Å². The van der Waals surface area contributed by atoms with Crippen LogP contribution >= 0.6 is 23.2 Å². The van der Waals surface area contributed by atoms with Crippen molar-refractivity contribution in [3.63, 3.8) is 0 Å². The van der Waals surface area contributed by atoms with Crippen LogP contribution < -0.4 is 10.1 Å². The maximum atomic E-state index is 15.9. The number of aliphatic hydroxyl groups is 1. The van der Waals surface area contributed by atoms with Crippen LogP contribution in [-0.4, -0.2) is 47.0 Å². The average molecular weight is 632 g/mol. The number of allylic oxidation sites excluding steroid dienone is 4. The maximum Gasteiger partial charge on any atom is 0.451 e. The van der Waals surface area contributed by atoms with Crippen LogP contribution in [0.2, 0.25) is 10.0 Å². The second-order valence-corrected chi connectivity index (χ2v) is 11.7. The molecule has 1 aliphatic heterocycles. The summed E-state index contributed by atoms with van der Waals surface area (Å²) in [6.07, 6.45) is 9.67. The summed E-state index contributed by atoms with van der Waals surface area (Å²) in [7, 11) is 1.35. The van der Waals surface area contributed by atoms with E-state index in [1.54, 1.807) is 18.2 Å². The Morgan fingerprint density at radius 2 is 2.00 bits per heavy atom. The van der Waals surface area contributed by atoms with E-state index < -0.39 is 29.8 Å². The Labute approximate surface area is 257 Å². The summed E-state index contributed by atoms with van der Waals surface area (Å²) in [5.41, 5.74) is -0.0130. The fourth-order valence-corrected chi connectivity index (χ4v) is 5.71. The zero-order valence-electron chi connectivity index (χ0n) is 23.5. The van der Waals surface area contributed by atoms with Crippen molar-refractivity contribution >= 4 is 41.0 Å². The van der Waals surface area contributed by atoms with Gasteiger partial charge in [-0.3, -0.25) is 4.79 Å². The lowest BCUT2D eigenvalue weighted by Gasteiger charge is -2.28. The molecular formula is C32H29Cl2F3N3O3+. The maximum absolute atomic E-state index is 15.9. The van der Waals surface area contributed by atoms with Crippen molar-refractivity contribution in [3.8, 4) is 17.0 Å². The molecule has 2 atom stereocenters. The number of nitrogens with zero attached hydrogens (tertiary/aromatic N) is 2. The van der Waals surface area contributed by atoms with Gasteiger partial charge in [-0.05, 0) is 50.5 Å². The van der Waals surface area contributed by atoms with Gasteiger partial charge < -0.3 is 15.2 Å². The summed E-state index contributed by atoms with van der Waals surface area (Å²) in [6, 6.07) is 9.26.